The third-order valence-electron chi connectivity index (χ3n) is 1.49. The molecule has 0 saturated heterocycles. The van der Waals surface area contributed by atoms with Crippen LogP contribution >= 0.6 is 0 Å². The Morgan fingerprint density at radius 1 is 1.36 bits per heavy atom. The summed E-state index contributed by atoms with van der Waals surface area (Å²) in [4.78, 5) is 9.88. The Morgan fingerprint density at radius 3 is 2.73 bits per heavy atom. The van der Waals surface area contributed by atoms with E-state index in [2.05, 4.69) is 0 Å². The number of hydrogen-bond acceptors (Lipinski definition) is 2. The van der Waals surface area contributed by atoms with Gasteiger partial charge in [-0.05, 0) is 18.1 Å². The zero-order valence-corrected chi connectivity index (χ0v) is 6.08. The second-order valence-electron chi connectivity index (χ2n) is 2.27. The van der Waals surface area contributed by atoms with Crippen molar-refractivity contribution in [1.29, 1.82) is 0 Å². The van der Waals surface area contributed by atoms with Crippen LogP contribution in [0, 0.1) is 0 Å². The molecule has 0 saturated carbocycles. The molecule has 0 unspecified atom stereocenters. The van der Waals surface area contributed by atoms with Gasteiger partial charge in [0.15, 0.2) is 6.29 Å². The van der Waals surface area contributed by atoms with Gasteiger partial charge in [-0.2, -0.15) is 0 Å². The van der Waals surface area contributed by atoms with E-state index in [0.29, 0.717) is 12.8 Å². The molecular weight excluding hydrogens is 140 g/mol. The van der Waals surface area contributed by atoms with Crippen LogP contribution in [0.3, 0.4) is 0 Å². The molecule has 0 aliphatic rings. The average molecular weight is 149 g/mol. The molecule has 1 rings (SSSR count). The summed E-state index contributed by atoms with van der Waals surface area (Å²) in [5.74, 6) is 0.253. The van der Waals surface area contributed by atoms with Crippen molar-refractivity contribution in [3.8, 4) is 5.75 Å². The van der Waals surface area contributed by atoms with Crippen molar-refractivity contribution >= 4 is 6.29 Å². The van der Waals surface area contributed by atoms with Crippen molar-refractivity contribution in [3.63, 3.8) is 0 Å². The fraction of sp³-hybridized carbons (Fsp3) is 0.222. The van der Waals surface area contributed by atoms with Gasteiger partial charge in [0.25, 0.3) is 0 Å². The number of para-hydroxylation sites is 1. The normalized spacial score (nSPS) is 9.45. The molecule has 0 fully saturated rings. The number of phenols is 1. The lowest BCUT2D eigenvalue weighted by Gasteiger charge is -1.99. The minimum atomic E-state index is 0.253. The maximum absolute atomic E-state index is 9.88. The van der Waals surface area contributed by atoms with Crippen LogP contribution in [-0.4, -0.2) is 11.4 Å². The number of benzene rings is 1. The Labute approximate surface area is 65.5 Å². The van der Waals surface area contributed by atoms with Gasteiger partial charge >= 0.3 is 0 Å². The summed E-state index contributed by atoms with van der Waals surface area (Å²) in [6, 6.07) is 7.00. The van der Waals surface area contributed by atoms with E-state index < -0.39 is 0 Å². The molecule has 0 amide bonds. The molecule has 0 aliphatic carbocycles. The molecule has 0 aliphatic heterocycles. The minimum absolute atomic E-state index is 0.253. The lowest BCUT2D eigenvalue weighted by atomic mass is 10.1. The number of aromatic hydroxyl groups is 1. The van der Waals surface area contributed by atoms with Crippen molar-refractivity contribution in [2.45, 2.75) is 12.8 Å². The van der Waals surface area contributed by atoms with Crippen LogP contribution in [0.25, 0.3) is 0 Å². The van der Waals surface area contributed by atoms with Gasteiger partial charge in [-0.3, -0.25) is 4.79 Å². The van der Waals surface area contributed by atoms with E-state index in [1.165, 1.54) is 0 Å². The SMILES string of the molecule is O=[C]CCc1ccccc1O. The lowest BCUT2D eigenvalue weighted by Crippen LogP contribution is -1.85. The molecular formula is C9H9O2. The topological polar surface area (TPSA) is 37.3 Å². The van der Waals surface area contributed by atoms with Crippen LogP contribution in [0.4, 0.5) is 0 Å². The first-order chi connectivity index (χ1) is 5.34. The van der Waals surface area contributed by atoms with Crippen molar-refractivity contribution in [2.75, 3.05) is 0 Å². The zero-order chi connectivity index (χ0) is 8.10. The lowest BCUT2D eigenvalue weighted by molar-refractivity contribution is 0.468. The fourth-order valence-electron chi connectivity index (χ4n) is 0.908. The van der Waals surface area contributed by atoms with Crippen LogP contribution in [-0.2, 0) is 11.2 Å². The molecule has 2 heteroatoms. The molecule has 57 valence electrons. The highest BCUT2D eigenvalue weighted by Crippen LogP contribution is 2.16. The Kier molecular flexibility index (Phi) is 2.66. The number of hydrogen-bond donors (Lipinski definition) is 1. The number of phenolic OH excluding ortho intramolecular Hbond substituents is 1. The first-order valence-corrected chi connectivity index (χ1v) is 3.46. The highest BCUT2D eigenvalue weighted by atomic mass is 16.3. The van der Waals surface area contributed by atoms with Gasteiger partial charge < -0.3 is 5.11 Å². The van der Waals surface area contributed by atoms with Gasteiger partial charge in [0, 0.05) is 6.42 Å². The van der Waals surface area contributed by atoms with E-state index in [4.69, 9.17) is 0 Å². The Morgan fingerprint density at radius 2 is 2.09 bits per heavy atom. The molecule has 0 bridgehead atoms. The first kappa shape index (κ1) is 7.79. The second-order valence-corrected chi connectivity index (χ2v) is 2.27. The Balaban J connectivity index is 2.69. The van der Waals surface area contributed by atoms with Crippen LogP contribution in [0.1, 0.15) is 12.0 Å². The fourth-order valence-corrected chi connectivity index (χ4v) is 0.908. The van der Waals surface area contributed by atoms with Crippen molar-refractivity contribution in [2.24, 2.45) is 0 Å². The minimum Gasteiger partial charge on any atom is -0.508 e. The van der Waals surface area contributed by atoms with E-state index in [0.717, 1.165) is 5.56 Å². The van der Waals surface area contributed by atoms with E-state index in [1.54, 1.807) is 24.5 Å². The maximum atomic E-state index is 9.88. The summed E-state index contributed by atoms with van der Waals surface area (Å²) in [5.41, 5.74) is 0.802. The predicted octanol–water partition coefficient (Wildman–Crippen LogP) is 1.43. The molecule has 1 aromatic carbocycles. The number of aryl methyl sites for hydroxylation is 1. The van der Waals surface area contributed by atoms with Crippen LogP contribution in [0.2, 0.25) is 0 Å². The smallest absolute Gasteiger partial charge is 0.198 e. The highest BCUT2D eigenvalue weighted by Gasteiger charge is 1.97. The van der Waals surface area contributed by atoms with Gasteiger partial charge in [0.1, 0.15) is 5.75 Å². The number of carbonyl (C=O) groups excluding carboxylic acids is 1. The van der Waals surface area contributed by atoms with Gasteiger partial charge in [-0.15, -0.1) is 0 Å². The predicted molar refractivity (Wildman–Crippen MR) is 42.1 cm³/mol. The van der Waals surface area contributed by atoms with Gasteiger partial charge in [-0.25, -0.2) is 0 Å². The van der Waals surface area contributed by atoms with Gasteiger partial charge in [0.05, 0.1) is 0 Å². The van der Waals surface area contributed by atoms with E-state index in [-0.39, 0.29) is 5.75 Å². The molecule has 0 spiro atoms. The third kappa shape index (κ3) is 2.08. The van der Waals surface area contributed by atoms with Crippen molar-refractivity contribution < 1.29 is 9.90 Å². The summed E-state index contributed by atoms with van der Waals surface area (Å²) in [5, 5.41) is 9.21. The standard InChI is InChI=1S/C9H9O2/c10-7-3-5-8-4-1-2-6-9(8)11/h1-2,4,6,11H,3,5H2. The molecule has 1 radical (unpaired) electrons. The molecule has 1 N–H and O–H groups in total. The summed E-state index contributed by atoms with van der Waals surface area (Å²) < 4.78 is 0. The summed E-state index contributed by atoms with van der Waals surface area (Å²) in [6.45, 7) is 0. The Hall–Kier alpha value is -1.31. The average Bonchev–Trinajstić information content (AvgIpc) is 2.03. The van der Waals surface area contributed by atoms with Crippen LogP contribution in [0.5, 0.6) is 5.75 Å². The zero-order valence-electron chi connectivity index (χ0n) is 6.08. The molecule has 2 nitrogen and oxygen atoms in total. The van der Waals surface area contributed by atoms with Crippen LogP contribution in [0.15, 0.2) is 24.3 Å². The summed E-state index contributed by atoms with van der Waals surface area (Å²) >= 11 is 0. The first-order valence-electron chi connectivity index (χ1n) is 3.46. The third-order valence-corrected chi connectivity index (χ3v) is 1.49. The second kappa shape index (κ2) is 3.76. The van der Waals surface area contributed by atoms with Gasteiger partial charge in [-0.1, -0.05) is 18.2 Å². The largest absolute Gasteiger partial charge is 0.508 e. The summed E-state index contributed by atoms with van der Waals surface area (Å²) in [7, 11) is 0. The van der Waals surface area contributed by atoms with E-state index in [1.807, 2.05) is 6.07 Å². The molecule has 11 heavy (non-hydrogen) atoms. The van der Waals surface area contributed by atoms with Gasteiger partial charge in [0.2, 0.25) is 0 Å². The monoisotopic (exact) mass is 149 g/mol. The number of rotatable bonds is 3. The molecule has 0 aromatic heterocycles. The highest BCUT2D eigenvalue weighted by molar-refractivity contribution is 5.51. The quantitative estimate of drug-likeness (QED) is 0.706. The van der Waals surface area contributed by atoms with Crippen LogP contribution < -0.4 is 0 Å². The Bertz CT molecular complexity index is 243. The summed E-state index contributed by atoms with van der Waals surface area (Å²) in [6.07, 6.45) is 2.69. The molecule has 1 aromatic rings. The van der Waals surface area contributed by atoms with E-state index in [9.17, 15) is 9.90 Å². The van der Waals surface area contributed by atoms with Crippen molar-refractivity contribution in [3.05, 3.63) is 29.8 Å². The molecule has 0 heterocycles. The maximum Gasteiger partial charge on any atom is 0.198 e. The molecule has 0 atom stereocenters. The van der Waals surface area contributed by atoms with E-state index >= 15 is 0 Å². The van der Waals surface area contributed by atoms with Crippen molar-refractivity contribution in [1.82, 2.24) is 0 Å².